The Labute approximate surface area is 256 Å². The molecule has 1 aromatic heterocycles. The molecule has 4 aromatic rings. The third kappa shape index (κ3) is 7.66. The molecule has 5 nitrogen and oxygen atoms in total. The standard InChI is InChI=1S/C37H39N3O2Si/c1-37(2,3)42-36(41)40-22-13-19-34(40)35-38-26-33(39-35)31-21-20-28(16-10-11-23-43(4,5)6)32(25-31)30-18-12-17-29(24-30)27-14-8-7-9-15-27/h7-9,12,14-15,17-18,20-21,24-26,34H,13,19,22H2,1-6H3,(H,38,39)/t34-/m0/s1. The number of likely N-dealkylation sites (tertiary alicyclic amines) is 1. The van der Waals surface area contributed by atoms with Crippen LogP contribution in [0.4, 0.5) is 4.79 Å². The van der Waals surface area contributed by atoms with Crippen LogP contribution in [0.2, 0.25) is 19.6 Å². The van der Waals surface area contributed by atoms with Gasteiger partial charge in [0.05, 0.1) is 17.9 Å². The highest BCUT2D eigenvalue weighted by Gasteiger charge is 2.34. The Kier molecular flexibility index (Phi) is 8.62. The Hall–Kier alpha value is -4.52. The van der Waals surface area contributed by atoms with Crippen molar-refractivity contribution in [2.45, 2.75) is 64.9 Å². The lowest BCUT2D eigenvalue weighted by Gasteiger charge is -2.27. The van der Waals surface area contributed by atoms with Gasteiger partial charge in [0.25, 0.3) is 0 Å². The molecule has 218 valence electrons. The summed E-state index contributed by atoms with van der Waals surface area (Å²) in [7, 11) is -1.51. The molecule has 5 rings (SSSR count). The van der Waals surface area contributed by atoms with E-state index in [9.17, 15) is 4.79 Å². The number of carbonyl (C=O) groups excluding carboxylic acids is 1. The van der Waals surface area contributed by atoms with Crippen LogP contribution >= 0.6 is 0 Å². The molecule has 6 heteroatoms. The summed E-state index contributed by atoms with van der Waals surface area (Å²) in [6, 6.07) is 25.1. The average molecular weight is 586 g/mol. The predicted octanol–water partition coefficient (Wildman–Crippen LogP) is 8.72. The first-order valence-electron chi connectivity index (χ1n) is 14.8. The second kappa shape index (κ2) is 12.4. The molecule has 0 unspecified atom stereocenters. The normalized spacial score (nSPS) is 14.8. The minimum atomic E-state index is -1.51. The molecule has 2 heterocycles. The highest BCUT2D eigenvalue weighted by Crippen LogP contribution is 2.35. The fourth-order valence-corrected chi connectivity index (χ4v) is 5.55. The quantitative estimate of drug-likeness (QED) is 0.192. The van der Waals surface area contributed by atoms with Crippen LogP contribution in [0.15, 0.2) is 79.0 Å². The van der Waals surface area contributed by atoms with Crippen LogP contribution in [0, 0.1) is 23.3 Å². The summed E-state index contributed by atoms with van der Waals surface area (Å²) in [5, 5.41) is 0. The van der Waals surface area contributed by atoms with Gasteiger partial charge in [-0.25, -0.2) is 9.78 Å². The molecule has 0 spiro atoms. The molecule has 1 atom stereocenters. The van der Waals surface area contributed by atoms with E-state index in [-0.39, 0.29) is 12.1 Å². The Morgan fingerprint density at radius 2 is 1.67 bits per heavy atom. The summed E-state index contributed by atoms with van der Waals surface area (Å²) in [6.07, 6.45) is 3.31. The van der Waals surface area contributed by atoms with Crippen molar-refractivity contribution in [2.75, 3.05) is 6.54 Å². The van der Waals surface area contributed by atoms with Crippen LogP contribution in [0.25, 0.3) is 33.5 Å². The number of hydrogen-bond donors (Lipinski definition) is 1. The number of nitrogens with zero attached hydrogens (tertiary/aromatic N) is 2. The Balaban J connectivity index is 1.51. The number of H-pyrrole nitrogens is 1. The van der Waals surface area contributed by atoms with Gasteiger partial charge in [-0.3, -0.25) is 4.90 Å². The van der Waals surface area contributed by atoms with Gasteiger partial charge in [-0.15, -0.1) is 5.54 Å². The predicted molar refractivity (Wildman–Crippen MR) is 178 cm³/mol. The van der Waals surface area contributed by atoms with Gasteiger partial charge in [0.15, 0.2) is 0 Å². The van der Waals surface area contributed by atoms with E-state index in [1.807, 2.05) is 33.0 Å². The van der Waals surface area contributed by atoms with Crippen molar-refractivity contribution in [1.29, 1.82) is 0 Å². The van der Waals surface area contributed by atoms with E-state index in [1.54, 1.807) is 4.90 Å². The maximum Gasteiger partial charge on any atom is 0.410 e. The smallest absolute Gasteiger partial charge is 0.410 e. The highest BCUT2D eigenvalue weighted by molar-refractivity contribution is 6.83. The minimum absolute atomic E-state index is 0.138. The van der Waals surface area contributed by atoms with E-state index in [0.717, 1.165) is 52.2 Å². The summed E-state index contributed by atoms with van der Waals surface area (Å²) >= 11 is 0. The fourth-order valence-electron chi connectivity index (χ4n) is 5.12. The van der Waals surface area contributed by atoms with Crippen molar-refractivity contribution in [2.24, 2.45) is 0 Å². The van der Waals surface area contributed by atoms with Crippen LogP contribution < -0.4 is 0 Å². The fraction of sp³-hybridized carbons (Fsp3) is 0.297. The first kappa shape index (κ1) is 30.0. The molecule has 43 heavy (non-hydrogen) atoms. The Morgan fingerprint density at radius 1 is 0.930 bits per heavy atom. The molecular formula is C37H39N3O2Si. The number of aromatic amines is 1. The van der Waals surface area contributed by atoms with Crippen LogP contribution in [0.3, 0.4) is 0 Å². The van der Waals surface area contributed by atoms with Crippen LogP contribution in [-0.2, 0) is 4.74 Å². The van der Waals surface area contributed by atoms with Gasteiger partial charge in [0, 0.05) is 17.7 Å². The molecule has 3 aromatic carbocycles. The zero-order valence-electron chi connectivity index (χ0n) is 25.9. The van der Waals surface area contributed by atoms with E-state index in [1.165, 1.54) is 5.56 Å². The lowest BCUT2D eigenvalue weighted by molar-refractivity contribution is 0.0218. The number of aromatic nitrogens is 2. The number of carbonyl (C=O) groups is 1. The number of ether oxygens (including phenoxy) is 1. The summed E-state index contributed by atoms with van der Waals surface area (Å²) in [5.74, 6) is 10.3. The van der Waals surface area contributed by atoms with Gasteiger partial charge >= 0.3 is 6.09 Å². The van der Waals surface area contributed by atoms with E-state index in [4.69, 9.17) is 9.72 Å². The summed E-state index contributed by atoms with van der Waals surface area (Å²) < 4.78 is 5.67. The van der Waals surface area contributed by atoms with Crippen molar-refractivity contribution in [1.82, 2.24) is 14.9 Å². The van der Waals surface area contributed by atoms with Gasteiger partial charge in [-0.2, -0.15) is 0 Å². The topological polar surface area (TPSA) is 58.2 Å². The molecule has 1 saturated heterocycles. The van der Waals surface area contributed by atoms with Crippen LogP contribution in [0.5, 0.6) is 0 Å². The molecule has 0 radical (unpaired) electrons. The largest absolute Gasteiger partial charge is 0.444 e. The number of nitrogens with one attached hydrogen (secondary N) is 1. The Bertz CT molecular complexity index is 1740. The molecule has 0 aliphatic carbocycles. The lowest BCUT2D eigenvalue weighted by atomic mass is 9.94. The summed E-state index contributed by atoms with van der Waals surface area (Å²) in [4.78, 5) is 22.9. The van der Waals surface area contributed by atoms with Gasteiger partial charge in [0.2, 0.25) is 0 Å². The molecule has 1 aliphatic heterocycles. The minimum Gasteiger partial charge on any atom is -0.444 e. The molecule has 0 saturated carbocycles. The summed E-state index contributed by atoms with van der Waals surface area (Å²) in [6.45, 7) is 13.0. The SMILES string of the molecule is CC(C)(C)OC(=O)N1CCC[C@H]1c1ncc(-c2ccc(C#CC#C[Si](C)(C)C)c(-c3cccc(-c4ccccc4)c3)c2)[nH]1. The third-order valence-corrected chi connectivity index (χ3v) is 7.98. The molecule has 1 fully saturated rings. The first-order chi connectivity index (χ1) is 20.5. The van der Waals surface area contributed by atoms with Crippen molar-refractivity contribution in [3.8, 4) is 56.8 Å². The monoisotopic (exact) mass is 585 g/mol. The lowest BCUT2D eigenvalue weighted by Crippen LogP contribution is -2.36. The first-order valence-corrected chi connectivity index (χ1v) is 18.3. The second-order valence-corrected chi connectivity index (χ2v) is 17.7. The molecule has 1 aliphatic rings. The second-order valence-electron chi connectivity index (χ2n) is 13.0. The van der Waals surface area contributed by atoms with Gasteiger partial charge in [-0.1, -0.05) is 80.2 Å². The molecule has 1 N–H and O–H groups in total. The Morgan fingerprint density at radius 3 is 2.42 bits per heavy atom. The van der Waals surface area contributed by atoms with Crippen molar-refractivity contribution in [3.05, 3.63) is 90.4 Å². The van der Waals surface area contributed by atoms with Crippen LogP contribution in [-0.4, -0.2) is 41.2 Å². The highest BCUT2D eigenvalue weighted by atomic mass is 28.3. The third-order valence-electron chi connectivity index (χ3n) is 7.10. The van der Waals surface area contributed by atoms with Gasteiger partial charge in [0.1, 0.15) is 19.5 Å². The number of imidazole rings is 1. The van der Waals surface area contributed by atoms with Gasteiger partial charge in [-0.05, 0) is 85.9 Å². The van der Waals surface area contributed by atoms with Gasteiger partial charge < -0.3 is 9.72 Å². The summed E-state index contributed by atoms with van der Waals surface area (Å²) in [5.41, 5.74) is 10.0. The van der Waals surface area contributed by atoms with E-state index in [2.05, 4.69) is 115 Å². The van der Waals surface area contributed by atoms with Crippen molar-refractivity contribution < 1.29 is 9.53 Å². The maximum absolute atomic E-state index is 12.9. The number of amides is 1. The van der Waals surface area contributed by atoms with Crippen molar-refractivity contribution in [3.63, 3.8) is 0 Å². The zero-order chi connectivity index (χ0) is 30.6. The molecule has 0 bridgehead atoms. The number of rotatable bonds is 4. The van der Waals surface area contributed by atoms with E-state index in [0.29, 0.717) is 6.54 Å². The maximum atomic E-state index is 12.9. The number of benzene rings is 3. The van der Waals surface area contributed by atoms with E-state index < -0.39 is 13.7 Å². The number of hydrogen-bond acceptors (Lipinski definition) is 3. The van der Waals surface area contributed by atoms with Crippen LogP contribution in [0.1, 0.15) is 51.0 Å². The average Bonchev–Trinajstić information content (AvgIpc) is 3.65. The van der Waals surface area contributed by atoms with Crippen molar-refractivity contribution >= 4 is 14.2 Å². The molecular weight excluding hydrogens is 547 g/mol. The molecule has 1 amide bonds. The van der Waals surface area contributed by atoms with E-state index >= 15 is 0 Å². The zero-order valence-corrected chi connectivity index (χ0v) is 26.9.